The summed E-state index contributed by atoms with van der Waals surface area (Å²) < 4.78 is 4.65. The number of ether oxygens (including phenoxy) is 1. The first-order valence-corrected chi connectivity index (χ1v) is 7.31. The number of nitrogens with zero attached hydrogens (tertiary/aromatic N) is 1. The highest BCUT2D eigenvalue weighted by Crippen LogP contribution is 2.35. The second-order valence-electron chi connectivity index (χ2n) is 4.44. The topological polar surface area (TPSA) is 89.7 Å². The second kappa shape index (κ2) is 6.35. The summed E-state index contributed by atoms with van der Waals surface area (Å²) in [6, 6.07) is 9.06. The molecule has 1 N–H and O–H groups in total. The van der Waals surface area contributed by atoms with Crippen molar-refractivity contribution in [2.24, 2.45) is 0 Å². The van der Waals surface area contributed by atoms with Crippen LogP contribution in [0.25, 0.3) is 0 Å². The van der Waals surface area contributed by atoms with Crippen LogP contribution in [-0.2, 0) is 16.1 Å². The van der Waals surface area contributed by atoms with Gasteiger partial charge >= 0.3 is 5.97 Å². The number of halogens is 1. The summed E-state index contributed by atoms with van der Waals surface area (Å²) in [4.78, 5) is 22.1. The Kier molecular flexibility index (Phi) is 4.73. The third-order valence-electron chi connectivity index (χ3n) is 3.11. The van der Waals surface area contributed by atoms with Crippen molar-refractivity contribution in [3.05, 3.63) is 69.9 Å². The molecule has 0 saturated heterocycles. The zero-order valence-corrected chi connectivity index (χ0v) is 13.0. The molecule has 0 aliphatic heterocycles. The zero-order chi connectivity index (χ0) is 15.5. The molecule has 1 aliphatic rings. The molecule has 1 aromatic carbocycles. The van der Waals surface area contributed by atoms with Crippen molar-refractivity contribution < 1.29 is 19.6 Å². The molecule has 0 aromatic heterocycles. The maximum absolute atomic E-state index is 11.6. The largest absolute Gasteiger partial charge is 0.479 e. The van der Waals surface area contributed by atoms with E-state index in [2.05, 4.69) is 0 Å². The van der Waals surface area contributed by atoms with Crippen LogP contribution < -0.4 is 0 Å². The molecule has 0 heterocycles. The lowest BCUT2D eigenvalue weighted by atomic mass is 9.92. The summed E-state index contributed by atoms with van der Waals surface area (Å²) in [5.41, 5.74) is -1.13. The van der Waals surface area contributed by atoms with E-state index in [1.165, 1.54) is 18.2 Å². The van der Waals surface area contributed by atoms with Crippen LogP contribution in [0.5, 0.6) is 0 Å². The van der Waals surface area contributed by atoms with Gasteiger partial charge in [-0.05, 0) is 11.6 Å². The number of carbonyl (C=O) groups is 1. The lowest BCUT2D eigenvalue weighted by Crippen LogP contribution is -2.50. The van der Waals surface area contributed by atoms with Crippen LogP contribution in [0.2, 0.25) is 0 Å². The summed E-state index contributed by atoms with van der Waals surface area (Å²) in [5, 5.41) is 20.5. The van der Waals surface area contributed by atoms with E-state index in [0.29, 0.717) is 0 Å². The van der Waals surface area contributed by atoms with E-state index in [-0.39, 0.29) is 12.3 Å². The minimum atomic E-state index is -1.74. The van der Waals surface area contributed by atoms with Crippen LogP contribution in [0.1, 0.15) is 5.56 Å². The molecule has 0 bridgehead atoms. The quantitative estimate of drug-likeness (QED) is 0.355. The molecular formula is C14H12INO5. The standard InChI is InChI=1S/C14H12INO5/c15-12-11(16(19)20)7-4-8-14(12,13(17)18)21-9-10-5-2-1-3-6-10/h1-8,12H,9H2,(H,17,18). The van der Waals surface area contributed by atoms with E-state index < -0.39 is 20.4 Å². The third-order valence-corrected chi connectivity index (χ3v) is 4.68. The minimum Gasteiger partial charge on any atom is -0.479 e. The number of aliphatic carboxylic acids is 1. The number of carboxylic acid groups (broad SMARTS) is 1. The highest BCUT2D eigenvalue weighted by atomic mass is 127. The smallest absolute Gasteiger partial charge is 0.341 e. The van der Waals surface area contributed by atoms with Gasteiger partial charge in [0.1, 0.15) is 3.92 Å². The molecule has 7 heteroatoms. The van der Waals surface area contributed by atoms with Crippen LogP contribution in [0.4, 0.5) is 0 Å². The normalized spacial score (nSPS) is 24.4. The molecule has 6 nitrogen and oxygen atoms in total. The van der Waals surface area contributed by atoms with Crippen LogP contribution in [0.15, 0.2) is 54.3 Å². The lowest BCUT2D eigenvalue weighted by Gasteiger charge is -2.31. The van der Waals surface area contributed by atoms with Gasteiger partial charge in [0, 0.05) is 6.08 Å². The average molecular weight is 401 g/mol. The Bertz CT molecular complexity index is 613. The maximum Gasteiger partial charge on any atom is 0.341 e. The highest BCUT2D eigenvalue weighted by Gasteiger charge is 2.51. The van der Waals surface area contributed by atoms with Crippen molar-refractivity contribution in [1.82, 2.24) is 0 Å². The Morgan fingerprint density at radius 1 is 1.43 bits per heavy atom. The first kappa shape index (κ1) is 15.6. The molecular weight excluding hydrogens is 389 g/mol. The predicted molar refractivity (Wildman–Crippen MR) is 83.6 cm³/mol. The van der Waals surface area contributed by atoms with Crippen LogP contribution in [-0.4, -0.2) is 25.5 Å². The second-order valence-corrected chi connectivity index (χ2v) is 5.69. The van der Waals surface area contributed by atoms with Gasteiger partial charge < -0.3 is 9.84 Å². The first-order chi connectivity index (χ1) is 9.97. The van der Waals surface area contributed by atoms with Crippen LogP contribution in [0.3, 0.4) is 0 Å². The Morgan fingerprint density at radius 3 is 2.67 bits per heavy atom. The van der Waals surface area contributed by atoms with Crippen molar-refractivity contribution in [2.75, 3.05) is 0 Å². The number of rotatable bonds is 5. The molecule has 0 spiro atoms. The van der Waals surface area contributed by atoms with E-state index >= 15 is 0 Å². The summed E-state index contributed by atoms with van der Waals surface area (Å²) in [5.74, 6) is -1.25. The molecule has 1 aromatic rings. The van der Waals surface area contributed by atoms with Gasteiger partial charge in [-0.3, -0.25) is 10.1 Å². The van der Waals surface area contributed by atoms with Crippen molar-refractivity contribution in [3.63, 3.8) is 0 Å². The molecule has 21 heavy (non-hydrogen) atoms. The Morgan fingerprint density at radius 2 is 2.10 bits per heavy atom. The number of alkyl halides is 1. The van der Waals surface area contributed by atoms with E-state index in [0.717, 1.165) is 5.56 Å². The molecule has 2 unspecified atom stereocenters. The zero-order valence-electron chi connectivity index (χ0n) is 10.8. The molecule has 0 radical (unpaired) electrons. The average Bonchev–Trinajstić information content (AvgIpc) is 2.47. The number of benzene rings is 1. The van der Waals surface area contributed by atoms with Gasteiger partial charge in [-0.15, -0.1) is 0 Å². The number of hydrogen-bond acceptors (Lipinski definition) is 4. The number of allylic oxidation sites excluding steroid dienone is 2. The van der Waals surface area contributed by atoms with Crippen molar-refractivity contribution in [3.8, 4) is 0 Å². The van der Waals surface area contributed by atoms with Crippen molar-refractivity contribution in [2.45, 2.75) is 16.1 Å². The highest BCUT2D eigenvalue weighted by molar-refractivity contribution is 14.1. The molecule has 0 saturated carbocycles. The Hall–Kier alpha value is -1.74. The van der Waals surface area contributed by atoms with E-state index in [9.17, 15) is 20.0 Å². The fourth-order valence-corrected chi connectivity index (χ4v) is 3.06. The molecule has 2 rings (SSSR count). The van der Waals surface area contributed by atoms with Gasteiger partial charge in [0.05, 0.1) is 11.5 Å². The maximum atomic E-state index is 11.6. The van der Waals surface area contributed by atoms with Gasteiger partial charge in [-0.2, -0.15) is 0 Å². The van der Waals surface area contributed by atoms with E-state index in [1.54, 1.807) is 34.7 Å². The van der Waals surface area contributed by atoms with Gasteiger partial charge in [0.15, 0.2) is 0 Å². The Balaban J connectivity index is 2.26. The van der Waals surface area contributed by atoms with E-state index in [4.69, 9.17) is 4.74 Å². The SMILES string of the molecule is O=C(O)C1(OCc2ccccc2)C=CC=C([N+](=O)[O-])C1I. The monoisotopic (exact) mass is 401 g/mol. The first-order valence-electron chi connectivity index (χ1n) is 6.06. The fourth-order valence-electron chi connectivity index (χ4n) is 1.97. The third kappa shape index (κ3) is 3.13. The van der Waals surface area contributed by atoms with Crippen molar-refractivity contribution in [1.29, 1.82) is 0 Å². The van der Waals surface area contributed by atoms with Gasteiger partial charge in [-0.25, -0.2) is 4.79 Å². The summed E-state index contributed by atoms with van der Waals surface area (Å²) >= 11 is 1.74. The predicted octanol–water partition coefficient (Wildman–Crippen LogP) is 2.56. The Labute approximate surface area is 134 Å². The summed E-state index contributed by atoms with van der Waals surface area (Å²) in [7, 11) is 0. The van der Waals surface area contributed by atoms with Gasteiger partial charge in [0.25, 0.3) is 5.70 Å². The van der Waals surface area contributed by atoms with Crippen LogP contribution in [0, 0.1) is 10.1 Å². The molecule has 110 valence electrons. The van der Waals surface area contributed by atoms with E-state index in [1.807, 2.05) is 18.2 Å². The minimum absolute atomic E-state index is 0.0575. The molecule has 1 aliphatic carbocycles. The van der Waals surface area contributed by atoms with Gasteiger partial charge in [0.2, 0.25) is 5.60 Å². The number of nitro groups is 1. The molecule has 0 fully saturated rings. The fraction of sp³-hybridized carbons (Fsp3) is 0.214. The summed E-state index contributed by atoms with van der Waals surface area (Å²) in [6.45, 7) is 0.0575. The number of hydrogen-bond donors (Lipinski definition) is 1. The lowest BCUT2D eigenvalue weighted by molar-refractivity contribution is -0.428. The van der Waals surface area contributed by atoms with Crippen molar-refractivity contribution >= 4 is 28.6 Å². The molecule has 2 atom stereocenters. The van der Waals surface area contributed by atoms with Gasteiger partial charge in [-0.1, -0.05) is 59.0 Å². The number of carboxylic acids is 1. The molecule has 0 amide bonds. The van der Waals surface area contributed by atoms with Crippen LogP contribution >= 0.6 is 22.6 Å². The summed E-state index contributed by atoms with van der Waals surface area (Å²) in [6.07, 6.45) is 4.00.